The molecular formula is C44H43N. The molecule has 45 heavy (non-hydrogen) atoms. The normalized spacial score (nSPS) is 19.7. The lowest BCUT2D eigenvalue weighted by molar-refractivity contribution is 0.394. The number of hydrogen-bond acceptors (Lipinski definition) is 1. The van der Waals surface area contributed by atoms with E-state index >= 15 is 0 Å². The lowest BCUT2D eigenvalue weighted by atomic mass is 9.74. The molecule has 0 bridgehead atoms. The van der Waals surface area contributed by atoms with E-state index in [1.165, 1.54) is 83.5 Å². The van der Waals surface area contributed by atoms with E-state index in [1.54, 1.807) is 0 Å². The van der Waals surface area contributed by atoms with E-state index < -0.39 is 0 Å². The van der Waals surface area contributed by atoms with Crippen LogP contribution in [0.25, 0.3) is 21.9 Å². The molecule has 3 aliphatic rings. The van der Waals surface area contributed by atoms with Gasteiger partial charge in [0.1, 0.15) is 0 Å². The SMILES string of the molecule is Cc1ccc(N(c2ccc(C)cc2C)c2cc3c(c4ccccc24)-c2cc4c(cc2C3(C)C)C2C=CC=CC2C4(C)C)c(C)c1. The molecule has 2 atom stereocenters. The Morgan fingerprint density at radius 3 is 1.84 bits per heavy atom. The summed E-state index contributed by atoms with van der Waals surface area (Å²) in [5.41, 5.74) is 17.5. The number of benzene rings is 5. The van der Waals surface area contributed by atoms with Crippen LogP contribution in [0.15, 0.2) is 103 Å². The smallest absolute Gasteiger partial charge is 0.0543 e. The van der Waals surface area contributed by atoms with Gasteiger partial charge in [0.05, 0.1) is 5.69 Å². The van der Waals surface area contributed by atoms with Gasteiger partial charge in [0.2, 0.25) is 0 Å². The van der Waals surface area contributed by atoms with Gasteiger partial charge in [-0.05, 0) is 113 Å². The second-order valence-electron chi connectivity index (χ2n) is 14.9. The summed E-state index contributed by atoms with van der Waals surface area (Å²) < 4.78 is 0. The maximum Gasteiger partial charge on any atom is 0.0543 e. The molecule has 3 aliphatic carbocycles. The molecule has 0 amide bonds. The molecule has 5 aromatic carbocycles. The van der Waals surface area contributed by atoms with Crippen LogP contribution in [0.2, 0.25) is 0 Å². The van der Waals surface area contributed by atoms with Crippen molar-refractivity contribution in [2.24, 2.45) is 5.92 Å². The summed E-state index contributed by atoms with van der Waals surface area (Å²) in [6.07, 6.45) is 9.35. The zero-order valence-electron chi connectivity index (χ0n) is 27.9. The monoisotopic (exact) mass is 585 g/mol. The lowest BCUT2D eigenvalue weighted by Crippen LogP contribution is -2.24. The van der Waals surface area contributed by atoms with Crippen LogP contribution in [0.5, 0.6) is 0 Å². The highest BCUT2D eigenvalue weighted by atomic mass is 15.1. The Labute approximate surface area is 268 Å². The Hall–Kier alpha value is -4.36. The highest BCUT2D eigenvalue weighted by Crippen LogP contribution is 2.60. The molecule has 5 aromatic rings. The minimum absolute atomic E-state index is 0.0850. The average molecular weight is 586 g/mol. The summed E-state index contributed by atoms with van der Waals surface area (Å²) in [5.74, 6) is 0.951. The van der Waals surface area contributed by atoms with Crippen LogP contribution in [-0.4, -0.2) is 0 Å². The zero-order valence-corrected chi connectivity index (χ0v) is 27.9. The molecule has 2 unspecified atom stereocenters. The molecule has 0 aliphatic heterocycles. The number of hydrogen-bond donors (Lipinski definition) is 0. The molecule has 1 nitrogen and oxygen atoms in total. The predicted molar refractivity (Wildman–Crippen MR) is 193 cm³/mol. The van der Waals surface area contributed by atoms with Crippen LogP contribution in [-0.2, 0) is 10.8 Å². The summed E-state index contributed by atoms with van der Waals surface area (Å²) in [4.78, 5) is 2.53. The second kappa shape index (κ2) is 9.57. The van der Waals surface area contributed by atoms with Gasteiger partial charge in [-0.3, -0.25) is 0 Å². The quantitative estimate of drug-likeness (QED) is 0.204. The standard InChI is InChI=1S/C44H43N/c1-26-17-19-39(28(3)21-26)45(40-20-18-27(2)22-29(40)4)41-25-38-42(32-15-10-9-14-31(32)41)34-24-36-33(23-37(34)44(38,7)8)30-13-11-12-16-35(30)43(36,5)6/h9-25,30,35H,1-8H3. The van der Waals surface area contributed by atoms with Crippen LogP contribution < -0.4 is 4.90 Å². The van der Waals surface area contributed by atoms with Crippen LogP contribution in [0.3, 0.4) is 0 Å². The number of rotatable bonds is 3. The Balaban J connectivity index is 1.43. The highest BCUT2D eigenvalue weighted by Gasteiger charge is 2.47. The number of aryl methyl sites for hydroxylation is 4. The fraction of sp³-hybridized carbons (Fsp3) is 0.273. The summed E-state index contributed by atoms with van der Waals surface area (Å²) >= 11 is 0. The van der Waals surface area contributed by atoms with Crippen LogP contribution >= 0.6 is 0 Å². The van der Waals surface area contributed by atoms with Crippen molar-refractivity contribution in [3.05, 3.63) is 148 Å². The van der Waals surface area contributed by atoms with Crippen molar-refractivity contribution in [1.29, 1.82) is 0 Å². The van der Waals surface area contributed by atoms with Gasteiger partial charge in [-0.2, -0.15) is 0 Å². The Bertz CT molecular complexity index is 2070. The van der Waals surface area contributed by atoms with E-state index in [9.17, 15) is 0 Å². The number of anilines is 3. The van der Waals surface area contributed by atoms with Gasteiger partial charge in [0.15, 0.2) is 0 Å². The van der Waals surface area contributed by atoms with Gasteiger partial charge >= 0.3 is 0 Å². The zero-order chi connectivity index (χ0) is 31.4. The van der Waals surface area contributed by atoms with Gasteiger partial charge in [0.25, 0.3) is 0 Å². The molecule has 0 fully saturated rings. The molecular weight excluding hydrogens is 542 g/mol. The van der Waals surface area contributed by atoms with E-state index in [2.05, 4.69) is 163 Å². The van der Waals surface area contributed by atoms with Gasteiger partial charge in [-0.1, -0.05) is 118 Å². The first-order valence-electron chi connectivity index (χ1n) is 16.5. The minimum Gasteiger partial charge on any atom is -0.309 e. The first kappa shape index (κ1) is 28.1. The van der Waals surface area contributed by atoms with E-state index in [0.717, 1.165) is 0 Å². The molecule has 0 saturated carbocycles. The van der Waals surface area contributed by atoms with Crippen LogP contribution in [0.1, 0.15) is 78.1 Å². The molecule has 0 radical (unpaired) electrons. The molecule has 0 aromatic heterocycles. The minimum atomic E-state index is -0.134. The summed E-state index contributed by atoms with van der Waals surface area (Å²) in [6, 6.07) is 30.5. The fourth-order valence-corrected chi connectivity index (χ4v) is 8.92. The number of allylic oxidation sites excluding steroid dienone is 4. The second-order valence-corrected chi connectivity index (χ2v) is 14.9. The van der Waals surface area contributed by atoms with E-state index in [-0.39, 0.29) is 10.8 Å². The molecule has 0 saturated heterocycles. The maximum absolute atomic E-state index is 2.58. The first-order valence-corrected chi connectivity index (χ1v) is 16.5. The fourth-order valence-electron chi connectivity index (χ4n) is 8.92. The highest BCUT2D eigenvalue weighted by molar-refractivity contribution is 6.10. The summed E-state index contributed by atoms with van der Waals surface area (Å²) in [6.45, 7) is 18.6. The molecule has 224 valence electrons. The van der Waals surface area contributed by atoms with Crippen molar-refractivity contribution in [3.8, 4) is 11.1 Å². The topological polar surface area (TPSA) is 3.24 Å². The third-order valence-corrected chi connectivity index (χ3v) is 11.3. The average Bonchev–Trinajstić information content (AvgIpc) is 3.37. The number of nitrogens with zero attached hydrogens (tertiary/aromatic N) is 1. The van der Waals surface area contributed by atoms with Gasteiger partial charge in [0, 0.05) is 28.1 Å². The molecule has 0 N–H and O–H groups in total. The lowest BCUT2D eigenvalue weighted by Gasteiger charge is -2.32. The summed E-state index contributed by atoms with van der Waals surface area (Å²) in [5, 5.41) is 2.63. The Morgan fingerprint density at radius 1 is 0.578 bits per heavy atom. The van der Waals surface area contributed by atoms with Crippen molar-refractivity contribution < 1.29 is 0 Å². The Kier molecular flexibility index (Phi) is 5.98. The first-order chi connectivity index (χ1) is 21.5. The van der Waals surface area contributed by atoms with E-state index in [0.29, 0.717) is 11.8 Å². The van der Waals surface area contributed by atoms with E-state index in [1.807, 2.05) is 0 Å². The van der Waals surface area contributed by atoms with Crippen molar-refractivity contribution in [3.63, 3.8) is 0 Å². The van der Waals surface area contributed by atoms with E-state index in [4.69, 9.17) is 0 Å². The molecule has 1 heteroatoms. The van der Waals surface area contributed by atoms with Crippen LogP contribution in [0, 0.1) is 33.6 Å². The maximum atomic E-state index is 2.58. The van der Waals surface area contributed by atoms with Crippen molar-refractivity contribution >= 4 is 27.8 Å². The molecule has 0 heterocycles. The number of fused-ring (bicyclic) bond motifs is 8. The third-order valence-electron chi connectivity index (χ3n) is 11.3. The van der Waals surface area contributed by atoms with Crippen molar-refractivity contribution in [2.45, 2.75) is 72.1 Å². The largest absolute Gasteiger partial charge is 0.309 e. The van der Waals surface area contributed by atoms with Gasteiger partial charge < -0.3 is 4.90 Å². The molecule has 8 rings (SSSR count). The predicted octanol–water partition coefficient (Wildman–Crippen LogP) is 12.0. The van der Waals surface area contributed by atoms with Crippen molar-refractivity contribution in [2.75, 3.05) is 4.90 Å². The summed E-state index contributed by atoms with van der Waals surface area (Å²) in [7, 11) is 0. The Morgan fingerprint density at radius 2 is 1.20 bits per heavy atom. The van der Waals surface area contributed by atoms with Gasteiger partial charge in [-0.25, -0.2) is 0 Å². The van der Waals surface area contributed by atoms with Crippen LogP contribution in [0.4, 0.5) is 17.1 Å². The third kappa shape index (κ3) is 3.92. The van der Waals surface area contributed by atoms with Crippen molar-refractivity contribution in [1.82, 2.24) is 0 Å². The van der Waals surface area contributed by atoms with Gasteiger partial charge in [-0.15, -0.1) is 0 Å². The molecule has 0 spiro atoms.